The molecule has 1 rings (SSSR count). The van der Waals surface area contributed by atoms with Gasteiger partial charge in [0.25, 0.3) is 0 Å². The van der Waals surface area contributed by atoms with Crippen LogP contribution in [0, 0.1) is 5.82 Å². The van der Waals surface area contributed by atoms with E-state index in [4.69, 9.17) is 9.47 Å². The predicted octanol–water partition coefficient (Wildman–Crippen LogP) is 2.48. The van der Waals surface area contributed by atoms with Crippen LogP contribution in [0.1, 0.15) is 5.56 Å². The minimum Gasteiger partial charge on any atom is -0.467 e. The quantitative estimate of drug-likeness (QED) is 0.432. The SMILES string of the molecule is COCCNCc1cc(F)ccc1OCOCC(F)(F)F. The van der Waals surface area contributed by atoms with Crippen molar-refractivity contribution in [2.75, 3.05) is 33.7 Å². The number of alkyl halides is 3. The summed E-state index contributed by atoms with van der Waals surface area (Å²) in [4.78, 5) is 0. The molecule has 4 nitrogen and oxygen atoms in total. The Balaban J connectivity index is 2.48. The summed E-state index contributed by atoms with van der Waals surface area (Å²) >= 11 is 0. The van der Waals surface area contributed by atoms with E-state index in [0.717, 1.165) is 6.07 Å². The van der Waals surface area contributed by atoms with Gasteiger partial charge >= 0.3 is 6.18 Å². The number of methoxy groups -OCH3 is 1. The molecule has 0 amide bonds. The number of nitrogens with one attached hydrogen (secondary N) is 1. The Hall–Kier alpha value is -1.38. The first-order valence-corrected chi connectivity index (χ1v) is 6.18. The highest BCUT2D eigenvalue weighted by Gasteiger charge is 2.27. The van der Waals surface area contributed by atoms with Crippen LogP contribution in [0.4, 0.5) is 17.6 Å². The molecule has 0 unspecified atom stereocenters. The Morgan fingerprint density at radius 2 is 2.00 bits per heavy atom. The third kappa shape index (κ3) is 7.84. The summed E-state index contributed by atoms with van der Waals surface area (Å²) in [5.41, 5.74) is 0.488. The molecule has 1 aromatic carbocycles. The third-order valence-corrected chi connectivity index (χ3v) is 2.38. The van der Waals surface area contributed by atoms with Gasteiger partial charge in [-0.25, -0.2) is 4.39 Å². The van der Waals surface area contributed by atoms with Crippen LogP contribution in [0.5, 0.6) is 5.75 Å². The summed E-state index contributed by atoms with van der Waals surface area (Å²) < 4.78 is 63.2. The van der Waals surface area contributed by atoms with Crippen molar-refractivity contribution < 1.29 is 31.8 Å². The van der Waals surface area contributed by atoms with Gasteiger partial charge in [0.05, 0.1) is 6.61 Å². The summed E-state index contributed by atoms with van der Waals surface area (Å²) in [5, 5.41) is 2.99. The van der Waals surface area contributed by atoms with E-state index in [9.17, 15) is 17.6 Å². The summed E-state index contributed by atoms with van der Waals surface area (Å²) in [6.07, 6.45) is -4.41. The van der Waals surface area contributed by atoms with Gasteiger partial charge in [-0.1, -0.05) is 0 Å². The van der Waals surface area contributed by atoms with E-state index < -0.39 is 25.4 Å². The molecule has 0 aliphatic heterocycles. The van der Waals surface area contributed by atoms with Crippen LogP contribution in [-0.4, -0.2) is 39.8 Å². The Kier molecular flexibility index (Phi) is 7.41. The molecule has 0 saturated heterocycles. The molecule has 0 heterocycles. The number of halogens is 4. The Labute approximate surface area is 120 Å². The van der Waals surface area contributed by atoms with Crippen LogP contribution in [0.2, 0.25) is 0 Å². The number of rotatable bonds is 9. The fraction of sp³-hybridized carbons (Fsp3) is 0.538. The van der Waals surface area contributed by atoms with E-state index >= 15 is 0 Å². The molecule has 1 N–H and O–H groups in total. The van der Waals surface area contributed by atoms with E-state index in [1.165, 1.54) is 12.1 Å². The summed E-state index contributed by atoms with van der Waals surface area (Å²) in [6.45, 7) is -0.612. The molecule has 21 heavy (non-hydrogen) atoms. The fourth-order valence-electron chi connectivity index (χ4n) is 1.49. The van der Waals surface area contributed by atoms with Crippen LogP contribution >= 0.6 is 0 Å². The van der Waals surface area contributed by atoms with Gasteiger partial charge in [-0.3, -0.25) is 0 Å². The van der Waals surface area contributed by atoms with E-state index in [1.54, 1.807) is 7.11 Å². The van der Waals surface area contributed by atoms with Gasteiger partial charge in [0.15, 0.2) is 6.79 Å². The third-order valence-electron chi connectivity index (χ3n) is 2.38. The maximum atomic E-state index is 13.2. The smallest absolute Gasteiger partial charge is 0.411 e. The maximum absolute atomic E-state index is 13.2. The average Bonchev–Trinajstić information content (AvgIpc) is 2.40. The predicted molar refractivity (Wildman–Crippen MR) is 67.5 cm³/mol. The molecule has 1 aromatic rings. The molecular formula is C13H17F4NO3. The number of hydrogen-bond donors (Lipinski definition) is 1. The van der Waals surface area contributed by atoms with E-state index in [0.29, 0.717) is 25.3 Å². The summed E-state index contributed by atoms with van der Waals surface area (Å²) in [5.74, 6) is -0.189. The lowest BCUT2D eigenvalue weighted by atomic mass is 10.2. The molecule has 0 spiro atoms. The van der Waals surface area contributed by atoms with Crippen LogP contribution in [0.25, 0.3) is 0 Å². The lowest BCUT2D eigenvalue weighted by molar-refractivity contribution is -0.186. The van der Waals surface area contributed by atoms with Crippen LogP contribution in [-0.2, 0) is 16.0 Å². The van der Waals surface area contributed by atoms with Crippen molar-refractivity contribution in [2.24, 2.45) is 0 Å². The first-order chi connectivity index (χ1) is 9.92. The zero-order chi connectivity index (χ0) is 15.7. The molecule has 0 radical (unpaired) electrons. The van der Waals surface area contributed by atoms with Gasteiger partial charge in [0, 0.05) is 25.8 Å². The monoisotopic (exact) mass is 311 g/mol. The topological polar surface area (TPSA) is 39.7 Å². The van der Waals surface area contributed by atoms with Crippen molar-refractivity contribution in [3.63, 3.8) is 0 Å². The molecule has 120 valence electrons. The molecule has 0 saturated carbocycles. The molecule has 0 aliphatic rings. The van der Waals surface area contributed by atoms with E-state index in [2.05, 4.69) is 10.1 Å². The second kappa shape index (κ2) is 8.81. The highest BCUT2D eigenvalue weighted by Crippen LogP contribution is 2.20. The lowest BCUT2D eigenvalue weighted by Crippen LogP contribution is -2.20. The molecule has 8 heteroatoms. The van der Waals surface area contributed by atoms with Gasteiger partial charge < -0.3 is 19.5 Å². The summed E-state index contributed by atoms with van der Waals surface area (Å²) in [7, 11) is 1.55. The standard InChI is InChI=1S/C13H17F4NO3/c1-19-5-4-18-7-10-6-11(14)2-3-12(10)21-9-20-8-13(15,16)17/h2-3,6,18H,4-5,7-9H2,1H3. The van der Waals surface area contributed by atoms with Crippen molar-refractivity contribution in [1.82, 2.24) is 5.32 Å². The van der Waals surface area contributed by atoms with Crippen LogP contribution in [0.15, 0.2) is 18.2 Å². The van der Waals surface area contributed by atoms with E-state index in [-0.39, 0.29) is 5.75 Å². The van der Waals surface area contributed by atoms with Crippen molar-refractivity contribution in [2.45, 2.75) is 12.7 Å². The zero-order valence-electron chi connectivity index (χ0n) is 11.5. The van der Waals surface area contributed by atoms with E-state index in [1.807, 2.05) is 0 Å². The molecule has 0 atom stereocenters. The highest BCUT2D eigenvalue weighted by molar-refractivity contribution is 5.33. The molecule has 0 aliphatic carbocycles. The Morgan fingerprint density at radius 1 is 1.24 bits per heavy atom. The zero-order valence-corrected chi connectivity index (χ0v) is 11.5. The first kappa shape index (κ1) is 17.7. The summed E-state index contributed by atoms with van der Waals surface area (Å²) in [6, 6.07) is 3.76. The Morgan fingerprint density at radius 3 is 2.67 bits per heavy atom. The normalized spacial score (nSPS) is 11.7. The second-order valence-corrected chi connectivity index (χ2v) is 4.15. The Bertz CT molecular complexity index is 426. The van der Waals surface area contributed by atoms with Gasteiger partial charge in [0.1, 0.15) is 18.2 Å². The first-order valence-electron chi connectivity index (χ1n) is 6.18. The largest absolute Gasteiger partial charge is 0.467 e. The van der Waals surface area contributed by atoms with Crippen molar-refractivity contribution in [3.8, 4) is 5.75 Å². The molecule has 0 bridgehead atoms. The second-order valence-electron chi connectivity index (χ2n) is 4.15. The highest BCUT2D eigenvalue weighted by atomic mass is 19.4. The molecule has 0 fully saturated rings. The number of ether oxygens (including phenoxy) is 3. The molecule has 0 aromatic heterocycles. The number of benzene rings is 1. The van der Waals surface area contributed by atoms with Gasteiger partial charge in [-0.15, -0.1) is 0 Å². The average molecular weight is 311 g/mol. The van der Waals surface area contributed by atoms with Crippen LogP contribution < -0.4 is 10.1 Å². The van der Waals surface area contributed by atoms with Gasteiger partial charge in [0.2, 0.25) is 0 Å². The van der Waals surface area contributed by atoms with Crippen molar-refractivity contribution >= 4 is 0 Å². The van der Waals surface area contributed by atoms with Crippen LogP contribution in [0.3, 0.4) is 0 Å². The van der Waals surface area contributed by atoms with Crippen molar-refractivity contribution in [3.05, 3.63) is 29.6 Å². The van der Waals surface area contributed by atoms with Gasteiger partial charge in [-0.2, -0.15) is 13.2 Å². The minimum atomic E-state index is -4.41. The minimum absolute atomic E-state index is 0.267. The lowest BCUT2D eigenvalue weighted by Gasteiger charge is -2.13. The van der Waals surface area contributed by atoms with Gasteiger partial charge in [-0.05, 0) is 18.2 Å². The maximum Gasteiger partial charge on any atom is 0.411 e. The van der Waals surface area contributed by atoms with Crippen molar-refractivity contribution in [1.29, 1.82) is 0 Å². The number of hydrogen-bond acceptors (Lipinski definition) is 4. The molecular weight excluding hydrogens is 294 g/mol. The fourth-order valence-corrected chi connectivity index (χ4v) is 1.49.